The molecular formula is C19H19N5O. The van der Waals surface area contributed by atoms with Crippen LogP contribution >= 0.6 is 0 Å². The molecule has 0 bridgehead atoms. The summed E-state index contributed by atoms with van der Waals surface area (Å²) in [4.78, 5) is 20.8. The third-order valence-corrected chi connectivity index (χ3v) is 4.26. The van der Waals surface area contributed by atoms with Crippen LogP contribution in [-0.4, -0.2) is 22.9 Å². The van der Waals surface area contributed by atoms with Crippen LogP contribution < -0.4 is 16.0 Å². The van der Waals surface area contributed by atoms with Crippen molar-refractivity contribution in [2.75, 3.05) is 23.0 Å². The predicted octanol–water partition coefficient (Wildman–Crippen LogP) is 3.76. The van der Waals surface area contributed by atoms with Crippen molar-refractivity contribution in [2.45, 2.75) is 12.8 Å². The molecule has 6 nitrogen and oxygen atoms in total. The highest BCUT2D eigenvalue weighted by Crippen LogP contribution is 2.33. The Bertz CT molecular complexity index is 922. The average Bonchev–Trinajstić information content (AvgIpc) is 3.48. The van der Waals surface area contributed by atoms with Crippen LogP contribution in [0.15, 0.2) is 48.8 Å². The number of carbonyl (C=O) groups is 1. The van der Waals surface area contributed by atoms with E-state index in [-0.39, 0.29) is 11.8 Å². The standard InChI is InChI=1S/C19H19N5O/c1-20-18-15-10-21-17(24-19(25)12-7-8-12)9-14(15)16(11-22-18)23-13-5-3-2-4-6-13/h2-6,9-12,23H,7-8H2,1H3,(H,20,22)(H,21,24,25). The van der Waals surface area contributed by atoms with E-state index >= 15 is 0 Å². The largest absolute Gasteiger partial charge is 0.373 e. The Hall–Kier alpha value is -3.15. The van der Waals surface area contributed by atoms with Crippen LogP contribution in [-0.2, 0) is 4.79 Å². The molecule has 4 rings (SSSR count). The zero-order valence-corrected chi connectivity index (χ0v) is 13.9. The molecule has 2 aromatic heterocycles. The first-order chi connectivity index (χ1) is 12.2. The Morgan fingerprint density at radius 3 is 2.60 bits per heavy atom. The second-order valence-corrected chi connectivity index (χ2v) is 6.14. The van der Waals surface area contributed by atoms with Crippen LogP contribution in [0.3, 0.4) is 0 Å². The summed E-state index contributed by atoms with van der Waals surface area (Å²) in [6.07, 6.45) is 5.46. The fraction of sp³-hybridized carbons (Fsp3) is 0.211. The van der Waals surface area contributed by atoms with Gasteiger partial charge in [0.1, 0.15) is 11.6 Å². The van der Waals surface area contributed by atoms with Gasteiger partial charge in [-0.05, 0) is 31.0 Å². The molecule has 0 spiro atoms. The molecule has 0 radical (unpaired) electrons. The molecule has 2 heterocycles. The predicted molar refractivity (Wildman–Crippen MR) is 100 cm³/mol. The normalized spacial score (nSPS) is 13.5. The number of anilines is 4. The molecule has 0 unspecified atom stereocenters. The summed E-state index contributed by atoms with van der Waals surface area (Å²) >= 11 is 0. The zero-order valence-electron chi connectivity index (χ0n) is 13.9. The summed E-state index contributed by atoms with van der Waals surface area (Å²) in [5.41, 5.74) is 1.84. The molecule has 0 aliphatic heterocycles. The van der Waals surface area contributed by atoms with Crippen molar-refractivity contribution in [1.29, 1.82) is 0 Å². The van der Waals surface area contributed by atoms with Crippen molar-refractivity contribution in [3.05, 3.63) is 48.8 Å². The summed E-state index contributed by atoms with van der Waals surface area (Å²) in [5, 5.41) is 11.2. The molecule has 1 saturated carbocycles. The van der Waals surface area contributed by atoms with Crippen molar-refractivity contribution in [2.24, 2.45) is 5.92 Å². The summed E-state index contributed by atoms with van der Waals surface area (Å²) in [7, 11) is 1.83. The number of benzene rings is 1. The molecule has 0 atom stereocenters. The van der Waals surface area contributed by atoms with Gasteiger partial charge in [-0.15, -0.1) is 0 Å². The van der Waals surface area contributed by atoms with E-state index in [2.05, 4.69) is 25.9 Å². The van der Waals surface area contributed by atoms with Crippen LogP contribution in [0.4, 0.5) is 23.0 Å². The highest BCUT2D eigenvalue weighted by Gasteiger charge is 2.29. The lowest BCUT2D eigenvalue weighted by atomic mass is 10.1. The fourth-order valence-electron chi connectivity index (χ4n) is 2.75. The lowest BCUT2D eigenvalue weighted by Crippen LogP contribution is -2.14. The van der Waals surface area contributed by atoms with Crippen LogP contribution in [0, 0.1) is 5.92 Å². The molecular weight excluding hydrogens is 314 g/mol. The number of hydrogen-bond donors (Lipinski definition) is 3. The smallest absolute Gasteiger partial charge is 0.228 e. The molecule has 1 aliphatic rings. The molecule has 1 aromatic carbocycles. The number of amides is 1. The van der Waals surface area contributed by atoms with Gasteiger partial charge in [0.25, 0.3) is 0 Å². The lowest BCUT2D eigenvalue weighted by molar-refractivity contribution is -0.117. The summed E-state index contributed by atoms with van der Waals surface area (Å²) in [6, 6.07) is 11.8. The summed E-state index contributed by atoms with van der Waals surface area (Å²) < 4.78 is 0. The van der Waals surface area contributed by atoms with Gasteiger partial charge >= 0.3 is 0 Å². The first-order valence-corrected chi connectivity index (χ1v) is 8.34. The average molecular weight is 333 g/mol. The molecule has 3 N–H and O–H groups in total. The molecule has 0 saturated heterocycles. The van der Waals surface area contributed by atoms with E-state index in [9.17, 15) is 4.79 Å². The van der Waals surface area contributed by atoms with Gasteiger partial charge in [0, 0.05) is 35.6 Å². The number of fused-ring (bicyclic) bond motifs is 1. The van der Waals surface area contributed by atoms with Gasteiger partial charge in [-0.1, -0.05) is 18.2 Å². The molecule has 25 heavy (non-hydrogen) atoms. The van der Waals surface area contributed by atoms with Gasteiger partial charge in [-0.25, -0.2) is 9.97 Å². The Morgan fingerprint density at radius 1 is 1.08 bits per heavy atom. The van der Waals surface area contributed by atoms with Gasteiger partial charge in [0.2, 0.25) is 5.91 Å². The van der Waals surface area contributed by atoms with Crippen molar-refractivity contribution >= 4 is 39.7 Å². The van der Waals surface area contributed by atoms with E-state index in [0.717, 1.165) is 40.8 Å². The zero-order chi connectivity index (χ0) is 17.2. The summed E-state index contributed by atoms with van der Waals surface area (Å²) in [5.74, 6) is 1.51. The van der Waals surface area contributed by atoms with E-state index in [1.54, 1.807) is 12.4 Å². The van der Waals surface area contributed by atoms with E-state index < -0.39 is 0 Å². The number of hydrogen-bond acceptors (Lipinski definition) is 5. The van der Waals surface area contributed by atoms with Gasteiger partial charge in [0.15, 0.2) is 0 Å². The number of nitrogens with one attached hydrogen (secondary N) is 3. The number of pyridine rings is 2. The van der Waals surface area contributed by atoms with Gasteiger partial charge in [-0.3, -0.25) is 4.79 Å². The second-order valence-electron chi connectivity index (χ2n) is 6.14. The molecule has 3 aromatic rings. The van der Waals surface area contributed by atoms with Crippen molar-refractivity contribution in [3.63, 3.8) is 0 Å². The fourth-order valence-corrected chi connectivity index (χ4v) is 2.75. The first kappa shape index (κ1) is 15.4. The maximum Gasteiger partial charge on any atom is 0.228 e. The van der Waals surface area contributed by atoms with Crippen molar-refractivity contribution in [3.8, 4) is 0 Å². The minimum atomic E-state index is 0.0484. The van der Waals surface area contributed by atoms with Gasteiger partial charge < -0.3 is 16.0 Å². The third kappa shape index (κ3) is 3.24. The Morgan fingerprint density at radius 2 is 1.88 bits per heavy atom. The van der Waals surface area contributed by atoms with E-state index in [4.69, 9.17) is 0 Å². The number of aromatic nitrogens is 2. The van der Waals surface area contributed by atoms with Gasteiger partial charge in [-0.2, -0.15) is 0 Å². The maximum absolute atomic E-state index is 12.0. The Balaban J connectivity index is 1.74. The van der Waals surface area contributed by atoms with Crippen molar-refractivity contribution < 1.29 is 4.79 Å². The third-order valence-electron chi connectivity index (χ3n) is 4.26. The Kier molecular flexibility index (Phi) is 3.93. The SMILES string of the molecule is CNc1ncc(Nc2ccccc2)c2cc(NC(=O)C3CC3)ncc12. The van der Waals surface area contributed by atoms with E-state index in [1.165, 1.54) is 0 Å². The van der Waals surface area contributed by atoms with Crippen LogP contribution in [0.1, 0.15) is 12.8 Å². The highest BCUT2D eigenvalue weighted by atomic mass is 16.2. The molecule has 1 aliphatic carbocycles. The van der Waals surface area contributed by atoms with Crippen LogP contribution in [0.2, 0.25) is 0 Å². The quantitative estimate of drug-likeness (QED) is 0.662. The topological polar surface area (TPSA) is 78.9 Å². The van der Waals surface area contributed by atoms with E-state index in [0.29, 0.717) is 5.82 Å². The minimum absolute atomic E-state index is 0.0484. The molecule has 6 heteroatoms. The van der Waals surface area contributed by atoms with Crippen molar-refractivity contribution in [1.82, 2.24) is 9.97 Å². The maximum atomic E-state index is 12.0. The number of carbonyl (C=O) groups excluding carboxylic acids is 1. The lowest BCUT2D eigenvalue weighted by Gasteiger charge is -2.13. The number of rotatable bonds is 5. The second kappa shape index (κ2) is 6.39. The Labute approximate surface area is 145 Å². The first-order valence-electron chi connectivity index (χ1n) is 8.34. The van der Waals surface area contributed by atoms with Gasteiger partial charge in [0.05, 0.1) is 11.9 Å². The van der Waals surface area contributed by atoms with Crippen LogP contribution in [0.25, 0.3) is 10.8 Å². The van der Waals surface area contributed by atoms with E-state index in [1.807, 2.05) is 43.4 Å². The minimum Gasteiger partial charge on any atom is -0.373 e. The molecule has 1 fully saturated rings. The summed E-state index contributed by atoms with van der Waals surface area (Å²) in [6.45, 7) is 0. The molecule has 1 amide bonds. The number of nitrogens with zero attached hydrogens (tertiary/aromatic N) is 2. The molecule has 126 valence electrons. The monoisotopic (exact) mass is 333 g/mol. The van der Waals surface area contributed by atoms with Crippen LogP contribution in [0.5, 0.6) is 0 Å². The number of para-hydroxylation sites is 1. The highest BCUT2D eigenvalue weighted by molar-refractivity contribution is 6.03.